The molecule has 0 aliphatic carbocycles. The van der Waals surface area contributed by atoms with Crippen LogP contribution in [0.2, 0.25) is 0 Å². The van der Waals surface area contributed by atoms with Crippen LogP contribution in [-0.4, -0.2) is 32.1 Å². The summed E-state index contributed by atoms with van der Waals surface area (Å²) in [5.41, 5.74) is 4.29. The maximum atomic E-state index is 13.3. The number of pyridine rings is 1. The van der Waals surface area contributed by atoms with E-state index in [1.165, 1.54) is 36.0 Å². The monoisotopic (exact) mass is 511 g/mol. The molecule has 1 aliphatic heterocycles. The van der Waals surface area contributed by atoms with E-state index in [9.17, 15) is 19.4 Å². The number of hydrogen-bond donors (Lipinski definition) is 2. The fraction of sp³-hybridized carbons (Fsp3) is 0.138. The van der Waals surface area contributed by atoms with E-state index in [-0.39, 0.29) is 29.3 Å². The third-order valence-electron chi connectivity index (χ3n) is 6.33. The van der Waals surface area contributed by atoms with Gasteiger partial charge in [-0.3, -0.25) is 4.79 Å². The lowest BCUT2D eigenvalue weighted by Gasteiger charge is -2.47. The number of nitriles is 1. The average Bonchev–Trinajstić information content (AvgIpc) is 2.93. The number of benzene rings is 3. The van der Waals surface area contributed by atoms with Gasteiger partial charge in [-0.15, -0.1) is 11.8 Å². The number of hydrogen-bond acceptors (Lipinski definition) is 6. The number of aromatic nitrogens is 1. The topological polar surface area (TPSA) is 97.5 Å². The molecule has 0 radical (unpaired) electrons. The van der Waals surface area contributed by atoms with Crippen molar-refractivity contribution in [3.05, 3.63) is 114 Å². The third kappa shape index (κ3) is 5.05. The van der Waals surface area contributed by atoms with Gasteiger partial charge >= 0.3 is 0 Å². The summed E-state index contributed by atoms with van der Waals surface area (Å²) in [6, 6.07) is 25.2. The zero-order chi connectivity index (χ0) is 25.9. The normalized spacial score (nSPS) is 17.6. The Labute approximate surface area is 217 Å². The highest BCUT2D eigenvalue weighted by atomic mass is 32.2. The fourth-order valence-corrected chi connectivity index (χ4v) is 5.63. The predicted octanol–water partition coefficient (Wildman–Crippen LogP) is 5.39. The molecule has 0 saturated carbocycles. The van der Waals surface area contributed by atoms with Gasteiger partial charge in [0.2, 0.25) is 5.91 Å². The molecule has 4 aromatic rings. The Balaban J connectivity index is 1.36. The van der Waals surface area contributed by atoms with Gasteiger partial charge in [-0.2, -0.15) is 5.26 Å². The summed E-state index contributed by atoms with van der Waals surface area (Å²) in [6.07, 6.45) is 0.800. The quantitative estimate of drug-likeness (QED) is 0.323. The molecule has 2 N–H and O–H groups in total. The van der Waals surface area contributed by atoms with Crippen LogP contribution < -0.4 is 4.90 Å². The van der Waals surface area contributed by atoms with Crippen LogP contribution in [0.4, 0.5) is 10.1 Å². The van der Waals surface area contributed by atoms with E-state index in [1.807, 2.05) is 36.4 Å². The molecule has 0 spiro atoms. The Hall–Kier alpha value is -4.19. The molecule has 1 saturated heterocycles. The molecular formula is C29H22FN3O3S. The maximum absolute atomic E-state index is 13.3. The van der Waals surface area contributed by atoms with Crippen LogP contribution in [-0.2, 0) is 4.79 Å². The smallest absolute Gasteiger partial charge is 0.243 e. The molecule has 0 bridgehead atoms. The van der Waals surface area contributed by atoms with E-state index in [2.05, 4.69) is 4.98 Å². The molecule has 37 heavy (non-hydrogen) atoms. The van der Waals surface area contributed by atoms with Crippen LogP contribution in [0.5, 0.6) is 5.75 Å². The van der Waals surface area contributed by atoms with Crippen molar-refractivity contribution >= 4 is 23.4 Å². The number of β-lactam (4-membered cyclic amide) rings is 1. The molecule has 1 amide bonds. The zero-order valence-corrected chi connectivity index (χ0v) is 20.3. The van der Waals surface area contributed by atoms with Crippen LogP contribution >= 0.6 is 11.8 Å². The van der Waals surface area contributed by atoms with Crippen LogP contribution in [0.1, 0.15) is 29.0 Å². The Morgan fingerprint density at radius 3 is 2.27 bits per heavy atom. The Bertz CT molecular complexity index is 1440. The Kier molecular flexibility index (Phi) is 6.91. The number of rotatable bonds is 7. The van der Waals surface area contributed by atoms with E-state index in [0.29, 0.717) is 11.3 Å². The summed E-state index contributed by atoms with van der Waals surface area (Å²) < 4.78 is 13.2. The van der Waals surface area contributed by atoms with Crippen molar-refractivity contribution < 1.29 is 19.4 Å². The Morgan fingerprint density at radius 1 is 0.973 bits per heavy atom. The van der Waals surface area contributed by atoms with Gasteiger partial charge in [0.05, 0.1) is 12.1 Å². The number of aromatic hydroxyl groups is 1. The molecule has 184 valence electrons. The van der Waals surface area contributed by atoms with Crippen molar-refractivity contribution in [3.8, 4) is 22.9 Å². The second kappa shape index (κ2) is 10.4. The van der Waals surface area contributed by atoms with Gasteiger partial charge in [0.1, 0.15) is 28.6 Å². The molecular weight excluding hydrogens is 489 g/mol. The van der Waals surface area contributed by atoms with E-state index in [4.69, 9.17) is 5.26 Å². The molecule has 6 nitrogen and oxygen atoms in total. The number of carbonyl (C=O) groups is 1. The maximum Gasteiger partial charge on any atom is 0.243 e. The van der Waals surface area contributed by atoms with Crippen molar-refractivity contribution in [2.45, 2.75) is 17.4 Å². The molecule has 0 unspecified atom stereocenters. The number of amides is 1. The van der Waals surface area contributed by atoms with Crippen LogP contribution in [0.15, 0.2) is 91.1 Å². The number of aliphatic hydroxyl groups excluding tert-OH is 1. The molecule has 3 aromatic carbocycles. The van der Waals surface area contributed by atoms with E-state index >= 15 is 0 Å². The summed E-state index contributed by atoms with van der Waals surface area (Å²) in [5.74, 6) is -0.0450. The van der Waals surface area contributed by atoms with Crippen LogP contribution in [0.3, 0.4) is 0 Å². The van der Waals surface area contributed by atoms with Gasteiger partial charge in [0.25, 0.3) is 0 Å². The third-order valence-corrected chi connectivity index (χ3v) is 7.65. The minimum absolute atomic E-state index is 0.0813. The summed E-state index contributed by atoms with van der Waals surface area (Å²) in [5, 5.41) is 28.9. The van der Waals surface area contributed by atoms with Gasteiger partial charge in [-0.05, 0) is 65.2 Å². The molecule has 1 aromatic heterocycles. The predicted molar refractivity (Wildman–Crippen MR) is 140 cm³/mol. The summed E-state index contributed by atoms with van der Waals surface area (Å²) in [7, 11) is 0. The second-order valence-electron chi connectivity index (χ2n) is 8.66. The number of phenols is 1. The van der Waals surface area contributed by atoms with Crippen molar-refractivity contribution in [2.75, 3.05) is 10.7 Å². The lowest BCUT2D eigenvalue weighted by Crippen LogP contribution is -2.57. The molecule has 3 atom stereocenters. The average molecular weight is 512 g/mol. The summed E-state index contributed by atoms with van der Waals surface area (Å²) >= 11 is 1.36. The standard InChI is InChI=1S/C29H22FN3O3S/c30-22-8-1-19(2-9-22)26(35)17-37-28-27(20-6-13-25(34)14-7-20)33(29(28)36)24-11-4-18(5-12-24)21-3-10-23(15-31)32-16-21/h1-14,16,26-28,34-35H,17H2/t26-,27+,28+/m0/s1. The van der Waals surface area contributed by atoms with Gasteiger partial charge in [-0.1, -0.05) is 36.4 Å². The number of aliphatic hydroxyl groups is 1. The number of thioether (sulfide) groups is 1. The van der Waals surface area contributed by atoms with Gasteiger partial charge in [0, 0.05) is 23.2 Å². The van der Waals surface area contributed by atoms with Gasteiger partial charge < -0.3 is 15.1 Å². The lowest BCUT2D eigenvalue weighted by atomic mass is 9.92. The van der Waals surface area contributed by atoms with E-state index < -0.39 is 11.4 Å². The van der Waals surface area contributed by atoms with Crippen molar-refractivity contribution in [2.24, 2.45) is 0 Å². The number of phenolic OH excluding ortho intramolecular Hbond substituents is 1. The second-order valence-corrected chi connectivity index (χ2v) is 9.83. The fourth-order valence-electron chi connectivity index (χ4n) is 4.33. The molecule has 5 rings (SSSR count). The van der Waals surface area contributed by atoms with Crippen molar-refractivity contribution in [3.63, 3.8) is 0 Å². The minimum atomic E-state index is -0.840. The summed E-state index contributed by atoms with van der Waals surface area (Å²) in [4.78, 5) is 19.1. The van der Waals surface area contributed by atoms with Crippen molar-refractivity contribution in [1.82, 2.24) is 4.98 Å². The highest BCUT2D eigenvalue weighted by Crippen LogP contribution is 2.46. The highest BCUT2D eigenvalue weighted by molar-refractivity contribution is 8.00. The van der Waals surface area contributed by atoms with Gasteiger partial charge in [0.15, 0.2) is 0 Å². The number of halogens is 1. The molecule has 1 aliphatic rings. The van der Waals surface area contributed by atoms with Crippen LogP contribution in [0, 0.1) is 17.1 Å². The van der Waals surface area contributed by atoms with Crippen LogP contribution in [0.25, 0.3) is 11.1 Å². The zero-order valence-electron chi connectivity index (χ0n) is 19.5. The number of carbonyl (C=O) groups excluding carboxylic acids is 1. The molecule has 2 heterocycles. The minimum Gasteiger partial charge on any atom is -0.508 e. The lowest BCUT2D eigenvalue weighted by molar-refractivity contribution is -0.123. The first-order chi connectivity index (χ1) is 17.9. The first-order valence-electron chi connectivity index (χ1n) is 11.6. The van der Waals surface area contributed by atoms with Gasteiger partial charge in [-0.25, -0.2) is 9.37 Å². The van der Waals surface area contributed by atoms with E-state index in [0.717, 1.165) is 22.4 Å². The first-order valence-corrected chi connectivity index (χ1v) is 12.6. The Morgan fingerprint density at radius 2 is 1.65 bits per heavy atom. The number of nitrogens with zero attached hydrogens (tertiary/aromatic N) is 3. The summed E-state index contributed by atoms with van der Waals surface area (Å²) in [6.45, 7) is 0. The number of anilines is 1. The molecule has 8 heteroatoms. The molecule has 1 fully saturated rings. The van der Waals surface area contributed by atoms with Crippen molar-refractivity contribution in [1.29, 1.82) is 5.26 Å². The SMILES string of the molecule is N#Cc1ccc(-c2ccc(N3C(=O)[C@H](SC[C@H](O)c4ccc(F)cc4)[C@H]3c3ccc(O)cc3)cc2)cn1. The first kappa shape index (κ1) is 24.5. The van der Waals surface area contributed by atoms with E-state index in [1.54, 1.807) is 41.4 Å². The largest absolute Gasteiger partial charge is 0.508 e. The highest BCUT2D eigenvalue weighted by Gasteiger charge is 2.49.